The summed E-state index contributed by atoms with van der Waals surface area (Å²) in [6.07, 6.45) is -0.0179. The minimum absolute atomic E-state index is 0.0179. The van der Waals surface area contributed by atoms with Gasteiger partial charge in [0, 0.05) is 13.2 Å². The van der Waals surface area contributed by atoms with Crippen LogP contribution >= 0.6 is 0 Å². The summed E-state index contributed by atoms with van der Waals surface area (Å²) in [5.41, 5.74) is 5.44. The molecular weight excluding hydrogens is 185 g/mol. The van der Waals surface area contributed by atoms with Crippen molar-refractivity contribution in [3.05, 3.63) is 24.0 Å². The van der Waals surface area contributed by atoms with Crippen LogP contribution in [0.25, 0.3) is 0 Å². The Bertz CT molecular complexity index is 304. The quantitative estimate of drug-likeness (QED) is 0.752. The number of methoxy groups -OCH3 is 1. The average molecular weight is 199 g/mol. The monoisotopic (exact) mass is 199 g/mol. The molecule has 0 heterocycles. The van der Waals surface area contributed by atoms with Crippen LogP contribution in [0.1, 0.15) is 6.92 Å². The summed E-state index contributed by atoms with van der Waals surface area (Å²) in [6, 6.07) is 4.36. The van der Waals surface area contributed by atoms with Crippen LogP contribution in [-0.2, 0) is 4.74 Å². The van der Waals surface area contributed by atoms with E-state index in [9.17, 15) is 4.39 Å². The summed E-state index contributed by atoms with van der Waals surface area (Å²) in [5.74, 6) is -0.00632. The topological polar surface area (TPSA) is 44.5 Å². The summed E-state index contributed by atoms with van der Waals surface area (Å²) >= 11 is 0. The standard InChI is InChI=1S/C10H14FNO2/c1-7(13-2)6-14-8-3-4-10(12)9(11)5-8/h3-5,7H,6,12H2,1-2H3. The Morgan fingerprint density at radius 3 is 2.79 bits per heavy atom. The Kier molecular flexibility index (Phi) is 3.71. The Labute approximate surface area is 82.6 Å². The van der Waals surface area contributed by atoms with Crippen molar-refractivity contribution in [1.29, 1.82) is 0 Å². The van der Waals surface area contributed by atoms with Crippen LogP contribution in [-0.4, -0.2) is 19.8 Å². The lowest BCUT2D eigenvalue weighted by atomic mass is 10.3. The molecule has 0 aliphatic rings. The van der Waals surface area contributed by atoms with E-state index in [1.807, 2.05) is 6.92 Å². The van der Waals surface area contributed by atoms with Gasteiger partial charge in [0.15, 0.2) is 0 Å². The maximum atomic E-state index is 12.9. The number of rotatable bonds is 4. The van der Waals surface area contributed by atoms with Crippen LogP contribution in [0.3, 0.4) is 0 Å². The molecule has 0 aliphatic carbocycles. The zero-order chi connectivity index (χ0) is 10.6. The largest absolute Gasteiger partial charge is 0.491 e. The maximum Gasteiger partial charge on any atom is 0.149 e. The molecule has 1 aromatic carbocycles. The molecule has 0 saturated carbocycles. The van der Waals surface area contributed by atoms with Gasteiger partial charge < -0.3 is 15.2 Å². The van der Waals surface area contributed by atoms with E-state index in [2.05, 4.69) is 0 Å². The molecule has 1 unspecified atom stereocenters. The molecule has 0 aromatic heterocycles. The van der Waals surface area contributed by atoms with Gasteiger partial charge in [-0.25, -0.2) is 4.39 Å². The van der Waals surface area contributed by atoms with E-state index in [0.717, 1.165) is 0 Å². The van der Waals surface area contributed by atoms with Crippen molar-refractivity contribution in [1.82, 2.24) is 0 Å². The Morgan fingerprint density at radius 2 is 2.21 bits per heavy atom. The molecule has 0 aliphatic heterocycles. The summed E-state index contributed by atoms with van der Waals surface area (Å²) in [5, 5.41) is 0. The van der Waals surface area contributed by atoms with E-state index >= 15 is 0 Å². The fourth-order valence-electron chi connectivity index (χ4n) is 0.879. The highest BCUT2D eigenvalue weighted by Crippen LogP contribution is 2.18. The van der Waals surface area contributed by atoms with Gasteiger partial charge in [-0.05, 0) is 19.1 Å². The first-order chi connectivity index (χ1) is 6.63. The number of nitrogen functional groups attached to an aromatic ring is 1. The van der Waals surface area contributed by atoms with Crippen LogP contribution in [0, 0.1) is 5.82 Å². The number of halogens is 1. The van der Waals surface area contributed by atoms with Crippen molar-refractivity contribution in [2.75, 3.05) is 19.5 Å². The SMILES string of the molecule is COC(C)COc1ccc(N)c(F)c1. The normalized spacial score (nSPS) is 12.5. The van der Waals surface area contributed by atoms with Crippen LogP contribution in [0.2, 0.25) is 0 Å². The second kappa shape index (κ2) is 4.81. The fraction of sp³-hybridized carbons (Fsp3) is 0.400. The smallest absolute Gasteiger partial charge is 0.149 e. The Hall–Kier alpha value is -1.29. The first-order valence-electron chi connectivity index (χ1n) is 4.34. The third kappa shape index (κ3) is 2.88. The zero-order valence-electron chi connectivity index (χ0n) is 8.29. The molecule has 1 atom stereocenters. The van der Waals surface area contributed by atoms with E-state index in [0.29, 0.717) is 12.4 Å². The Morgan fingerprint density at radius 1 is 1.50 bits per heavy atom. The van der Waals surface area contributed by atoms with Crippen LogP contribution in [0.5, 0.6) is 5.75 Å². The van der Waals surface area contributed by atoms with Gasteiger partial charge in [-0.3, -0.25) is 0 Å². The minimum Gasteiger partial charge on any atom is -0.491 e. The minimum atomic E-state index is -0.465. The van der Waals surface area contributed by atoms with Crippen LogP contribution in [0.15, 0.2) is 18.2 Å². The highest BCUT2D eigenvalue weighted by atomic mass is 19.1. The number of hydrogen-bond donors (Lipinski definition) is 1. The lowest BCUT2D eigenvalue weighted by Gasteiger charge is -2.11. The van der Waals surface area contributed by atoms with E-state index in [1.54, 1.807) is 13.2 Å². The predicted octanol–water partition coefficient (Wildman–Crippen LogP) is 1.82. The van der Waals surface area contributed by atoms with Crippen molar-refractivity contribution in [2.45, 2.75) is 13.0 Å². The Balaban J connectivity index is 2.55. The lowest BCUT2D eigenvalue weighted by molar-refractivity contribution is 0.0715. The van der Waals surface area contributed by atoms with Crippen molar-refractivity contribution >= 4 is 5.69 Å². The van der Waals surface area contributed by atoms with E-state index in [4.69, 9.17) is 15.2 Å². The molecule has 14 heavy (non-hydrogen) atoms. The molecule has 0 spiro atoms. The molecule has 0 bridgehead atoms. The number of ether oxygens (including phenoxy) is 2. The van der Waals surface area contributed by atoms with Crippen LogP contribution < -0.4 is 10.5 Å². The van der Waals surface area contributed by atoms with Gasteiger partial charge in [0.1, 0.15) is 18.2 Å². The van der Waals surface area contributed by atoms with Gasteiger partial charge in [-0.2, -0.15) is 0 Å². The van der Waals surface area contributed by atoms with Crippen molar-refractivity contribution in [3.8, 4) is 5.75 Å². The molecule has 0 saturated heterocycles. The van der Waals surface area contributed by atoms with Crippen LogP contribution in [0.4, 0.5) is 10.1 Å². The molecule has 0 fully saturated rings. The molecule has 1 rings (SSSR count). The lowest BCUT2D eigenvalue weighted by Crippen LogP contribution is -2.15. The zero-order valence-corrected chi connectivity index (χ0v) is 8.29. The molecule has 1 aromatic rings. The van der Waals surface area contributed by atoms with Gasteiger partial charge in [-0.15, -0.1) is 0 Å². The molecule has 4 heteroatoms. The van der Waals surface area contributed by atoms with Gasteiger partial charge >= 0.3 is 0 Å². The van der Waals surface area contributed by atoms with Gasteiger partial charge in [0.2, 0.25) is 0 Å². The average Bonchev–Trinajstić information content (AvgIpc) is 2.19. The second-order valence-electron chi connectivity index (χ2n) is 3.04. The molecule has 78 valence electrons. The fourth-order valence-corrected chi connectivity index (χ4v) is 0.879. The van der Waals surface area contributed by atoms with Crippen molar-refractivity contribution in [2.24, 2.45) is 0 Å². The second-order valence-corrected chi connectivity index (χ2v) is 3.04. The van der Waals surface area contributed by atoms with Crippen molar-refractivity contribution in [3.63, 3.8) is 0 Å². The maximum absolute atomic E-state index is 12.9. The van der Waals surface area contributed by atoms with E-state index in [1.165, 1.54) is 12.1 Å². The number of hydrogen-bond acceptors (Lipinski definition) is 3. The van der Waals surface area contributed by atoms with Gasteiger partial charge in [-0.1, -0.05) is 0 Å². The highest BCUT2D eigenvalue weighted by molar-refractivity contribution is 5.43. The number of benzene rings is 1. The van der Waals surface area contributed by atoms with Gasteiger partial charge in [0.05, 0.1) is 11.8 Å². The molecule has 0 radical (unpaired) electrons. The summed E-state index contributed by atoms with van der Waals surface area (Å²) in [6.45, 7) is 2.26. The van der Waals surface area contributed by atoms with Crippen molar-refractivity contribution < 1.29 is 13.9 Å². The summed E-state index contributed by atoms with van der Waals surface area (Å²) in [7, 11) is 1.59. The first-order valence-corrected chi connectivity index (χ1v) is 4.34. The van der Waals surface area contributed by atoms with Gasteiger partial charge in [0.25, 0.3) is 0 Å². The number of nitrogens with two attached hydrogens (primary N) is 1. The molecule has 0 amide bonds. The third-order valence-corrected chi connectivity index (χ3v) is 1.86. The third-order valence-electron chi connectivity index (χ3n) is 1.86. The number of anilines is 1. The molecular formula is C10H14FNO2. The molecule has 2 N–H and O–H groups in total. The summed E-state index contributed by atoms with van der Waals surface area (Å²) in [4.78, 5) is 0. The molecule has 3 nitrogen and oxygen atoms in total. The predicted molar refractivity (Wildman–Crippen MR) is 52.8 cm³/mol. The van der Waals surface area contributed by atoms with E-state index < -0.39 is 5.82 Å². The highest BCUT2D eigenvalue weighted by Gasteiger charge is 2.03. The van der Waals surface area contributed by atoms with E-state index in [-0.39, 0.29) is 11.8 Å². The first kappa shape index (κ1) is 10.8. The summed E-state index contributed by atoms with van der Waals surface area (Å²) < 4.78 is 23.2.